The Morgan fingerprint density at radius 1 is 1.06 bits per heavy atom. The lowest BCUT2D eigenvalue weighted by Crippen LogP contribution is -2.12. The molecule has 1 amide bonds. The summed E-state index contributed by atoms with van der Waals surface area (Å²) < 4.78 is 0. The monoisotopic (exact) mass is 300 g/mol. The number of hydrogen-bond acceptors (Lipinski definition) is 2. The van der Waals surface area contributed by atoms with Crippen LogP contribution in [0.5, 0.6) is 0 Å². The van der Waals surface area contributed by atoms with E-state index in [9.17, 15) is 4.79 Å². The van der Waals surface area contributed by atoms with Crippen LogP contribution < -0.4 is 5.32 Å². The molecule has 3 nitrogen and oxygen atoms in total. The number of pyridine rings is 1. The van der Waals surface area contributed by atoms with Gasteiger partial charge in [0.05, 0.1) is 15.7 Å². The zero-order chi connectivity index (χ0) is 13.1. The molecular formula is C12H7Cl3N2O. The Hall–Kier alpha value is -1.29. The highest BCUT2D eigenvalue weighted by molar-refractivity contribution is 6.42. The Labute approximate surface area is 119 Å². The number of carbonyl (C=O) groups excluding carboxylic acids is 1. The second-order valence-electron chi connectivity index (χ2n) is 3.43. The number of hydrogen-bond donors (Lipinski definition) is 1. The van der Waals surface area contributed by atoms with Gasteiger partial charge in [0.15, 0.2) is 0 Å². The number of anilines is 1. The van der Waals surface area contributed by atoms with Crippen molar-refractivity contribution in [1.29, 1.82) is 0 Å². The minimum Gasteiger partial charge on any atom is -0.319 e. The summed E-state index contributed by atoms with van der Waals surface area (Å²) in [7, 11) is 0. The number of halogens is 3. The number of benzene rings is 1. The summed E-state index contributed by atoms with van der Waals surface area (Å²) in [4.78, 5) is 15.7. The lowest BCUT2D eigenvalue weighted by atomic mass is 10.2. The fraction of sp³-hybridized carbons (Fsp3) is 0. The van der Waals surface area contributed by atoms with E-state index in [1.807, 2.05) is 0 Å². The minimum absolute atomic E-state index is 0.287. The number of aromatic nitrogens is 1. The van der Waals surface area contributed by atoms with Crippen LogP contribution in [0.1, 0.15) is 10.4 Å². The number of amides is 1. The number of rotatable bonds is 2. The van der Waals surface area contributed by atoms with E-state index < -0.39 is 0 Å². The van der Waals surface area contributed by atoms with Gasteiger partial charge < -0.3 is 5.32 Å². The van der Waals surface area contributed by atoms with Crippen molar-refractivity contribution in [3.63, 3.8) is 0 Å². The SMILES string of the molecule is O=C(Nc1c(Cl)cc(Cl)cc1Cl)c1ccncc1. The van der Waals surface area contributed by atoms with Gasteiger partial charge in [-0.25, -0.2) is 0 Å². The van der Waals surface area contributed by atoms with E-state index in [1.54, 1.807) is 12.1 Å². The molecule has 0 unspecified atom stereocenters. The lowest BCUT2D eigenvalue weighted by molar-refractivity contribution is 0.102. The van der Waals surface area contributed by atoms with Crippen LogP contribution in [0.2, 0.25) is 15.1 Å². The molecule has 6 heteroatoms. The minimum atomic E-state index is -0.316. The summed E-state index contributed by atoms with van der Waals surface area (Å²) in [6.45, 7) is 0. The highest BCUT2D eigenvalue weighted by Gasteiger charge is 2.12. The number of nitrogens with zero attached hydrogens (tertiary/aromatic N) is 1. The topological polar surface area (TPSA) is 42.0 Å². The predicted molar refractivity (Wildman–Crippen MR) is 73.7 cm³/mol. The van der Waals surface area contributed by atoms with Crippen molar-refractivity contribution in [2.45, 2.75) is 0 Å². The van der Waals surface area contributed by atoms with E-state index >= 15 is 0 Å². The molecule has 0 spiro atoms. The zero-order valence-electron chi connectivity index (χ0n) is 8.95. The molecule has 18 heavy (non-hydrogen) atoms. The Balaban J connectivity index is 2.28. The van der Waals surface area contributed by atoms with Gasteiger partial charge in [-0.2, -0.15) is 0 Å². The first-order valence-electron chi connectivity index (χ1n) is 4.94. The van der Waals surface area contributed by atoms with Crippen molar-refractivity contribution in [3.8, 4) is 0 Å². The molecule has 1 N–H and O–H groups in total. The molecule has 0 saturated carbocycles. The van der Waals surface area contributed by atoms with Crippen LogP contribution in [0, 0.1) is 0 Å². The Morgan fingerprint density at radius 3 is 2.17 bits per heavy atom. The molecular weight excluding hydrogens is 295 g/mol. The third-order valence-corrected chi connectivity index (χ3v) is 3.00. The molecule has 0 saturated heterocycles. The Morgan fingerprint density at radius 2 is 1.61 bits per heavy atom. The average Bonchev–Trinajstić information content (AvgIpc) is 2.34. The van der Waals surface area contributed by atoms with Crippen LogP contribution in [0.25, 0.3) is 0 Å². The van der Waals surface area contributed by atoms with E-state index in [0.29, 0.717) is 16.3 Å². The Bertz CT molecular complexity index is 564. The summed E-state index contributed by atoms with van der Waals surface area (Å²) in [5.74, 6) is -0.316. The maximum Gasteiger partial charge on any atom is 0.255 e. The molecule has 0 aliphatic heterocycles. The van der Waals surface area contributed by atoms with E-state index in [0.717, 1.165) is 0 Å². The molecule has 2 rings (SSSR count). The summed E-state index contributed by atoms with van der Waals surface area (Å²) in [6, 6.07) is 6.20. The highest BCUT2D eigenvalue weighted by Crippen LogP contribution is 2.33. The van der Waals surface area contributed by atoms with Crippen LogP contribution in [-0.2, 0) is 0 Å². The first-order chi connectivity index (χ1) is 8.58. The van der Waals surface area contributed by atoms with Crippen LogP contribution in [0.15, 0.2) is 36.7 Å². The third kappa shape index (κ3) is 2.93. The van der Waals surface area contributed by atoms with Gasteiger partial charge in [0.2, 0.25) is 0 Å². The summed E-state index contributed by atoms with van der Waals surface area (Å²) in [6.07, 6.45) is 3.06. The maximum absolute atomic E-state index is 11.9. The predicted octanol–water partition coefficient (Wildman–Crippen LogP) is 4.29. The first kappa shape index (κ1) is 13.1. The maximum atomic E-state index is 11.9. The molecule has 0 aliphatic rings. The molecule has 1 aromatic carbocycles. The second kappa shape index (κ2) is 5.57. The van der Waals surface area contributed by atoms with Gasteiger partial charge >= 0.3 is 0 Å². The van der Waals surface area contributed by atoms with E-state index in [4.69, 9.17) is 34.8 Å². The van der Waals surface area contributed by atoms with E-state index in [-0.39, 0.29) is 16.0 Å². The van der Waals surface area contributed by atoms with Crippen molar-refractivity contribution in [1.82, 2.24) is 4.98 Å². The molecule has 2 aromatic rings. The summed E-state index contributed by atoms with van der Waals surface area (Å²) in [5.41, 5.74) is 0.802. The molecule has 0 fully saturated rings. The molecule has 0 atom stereocenters. The molecule has 0 bridgehead atoms. The van der Waals surface area contributed by atoms with Crippen molar-refractivity contribution in [2.75, 3.05) is 5.32 Å². The smallest absolute Gasteiger partial charge is 0.255 e. The van der Waals surface area contributed by atoms with Gasteiger partial charge in [0.1, 0.15) is 0 Å². The van der Waals surface area contributed by atoms with Crippen LogP contribution in [0.4, 0.5) is 5.69 Å². The van der Waals surface area contributed by atoms with Gasteiger partial charge in [-0.1, -0.05) is 34.8 Å². The number of carbonyl (C=O) groups is 1. The molecule has 92 valence electrons. The number of nitrogens with one attached hydrogen (secondary N) is 1. The lowest BCUT2D eigenvalue weighted by Gasteiger charge is -2.09. The van der Waals surface area contributed by atoms with Gasteiger partial charge in [0, 0.05) is 23.0 Å². The fourth-order valence-electron chi connectivity index (χ4n) is 1.35. The summed E-state index contributed by atoms with van der Waals surface area (Å²) in [5, 5.41) is 3.62. The molecule has 1 aromatic heterocycles. The van der Waals surface area contributed by atoms with Crippen LogP contribution in [0.3, 0.4) is 0 Å². The highest BCUT2D eigenvalue weighted by atomic mass is 35.5. The summed E-state index contributed by atoms with van der Waals surface area (Å²) >= 11 is 17.7. The van der Waals surface area contributed by atoms with Crippen molar-refractivity contribution in [3.05, 3.63) is 57.3 Å². The van der Waals surface area contributed by atoms with E-state index in [1.165, 1.54) is 24.5 Å². The van der Waals surface area contributed by atoms with Gasteiger partial charge in [-0.15, -0.1) is 0 Å². The van der Waals surface area contributed by atoms with Gasteiger partial charge in [0.25, 0.3) is 5.91 Å². The molecule has 0 aliphatic carbocycles. The Kier molecular flexibility index (Phi) is 4.07. The normalized spacial score (nSPS) is 10.2. The van der Waals surface area contributed by atoms with Gasteiger partial charge in [-0.05, 0) is 24.3 Å². The van der Waals surface area contributed by atoms with Crippen molar-refractivity contribution >= 4 is 46.4 Å². The van der Waals surface area contributed by atoms with Gasteiger partial charge in [-0.3, -0.25) is 9.78 Å². The quantitative estimate of drug-likeness (QED) is 0.899. The van der Waals surface area contributed by atoms with E-state index in [2.05, 4.69) is 10.3 Å². The first-order valence-corrected chi connectivity index (χ1v) is 6.07. The fourth-order valence-corrected chi connectivity index (χ4v) is 2.26. The van der Waals surface area contributed by atoms with Crippen molar-refractivity contribution < 1.29 is 4.79 Å². The third-order valence-electron chi connectivity index (χ3n) is 2.19. The van der Waals surface area contributed by atoms with Crippen molar-refractivity contribution in [2.24, 2.45) is 0 Å². The molecule has 0 radical (unpaired) electrons. The van der Waals surface area contributed by atoms with Crippen LogP contribution in [-0.4, -0.2) is 10.9 Å². The standard InChI is InChI=1S/C12H7Cl3N2O/c13-8-5-9(14)11(10(15)6-8)17-12(18)7-1-3-16-4-2-7/h1-6H,(H,17,18). The van der Waals surface area contributed by atoms with Crippen LogP contribution >= 0.6 is 34.8 Å². The second-order valence-corrected chi connectivity index (χ2v) is 4.69. The zero-order valence-corrected chi connectivity index (χ0v) is 11.2. The molecule has 1 heterocycles. The largest absolute Gasteiger partial charge is 0.319 e. The average molecular weight is 302 g/mol.